The van der Waals surface area contributed by atoms with Gasteiger partial charge in [0.1, 0.15) is 12.0 Å². The highest BCUT2D eigenvalue weighted by Gasteiger charge is 2.12. The van der Waals surface area contributed by atoms with Crippen LogP contribution in [0.2, 0.25) is 0 Å². The first kappa shape index (κ1) is 17.2. The van der Waals surface area contributed by atoms with Crippen molar-refractivity contribution in [2.75, 3.05) is 26.0 Å². The van der Waals surface area contributed by atoms with Gasteiger partial charge in [0.25, 0.3) is 0 Å². The number of rotatable bonds is 7. The predicted molar refractivity (Wildman–Crippen MR) is 97.8 cm³/mol. The van der Waals surface area contributed by atoms with Gasteiger partial charge in [-0.25, -0.2) is 4.98 Å². The summed E-state index contributed by atoms with van der Waals surface area (Å²) in [4.78, 5) is 19.5. The quantitative estimate of drug-likeness (QED) is 0.701. The maximum Gasteiger partial charge on any atom is 0.238 e. The van der Waals surface area contributed by atoms with E-state index in [1.807, 2.05) is 41.6 Å². The lowest BCUT2D eigenvalue weighted by Gasteiger charge is -2.14. The first-order chi connectivity index (χ1) is 12.1. The molecule has 1 amide bonds. The van der Waals surface area contributed by atoms with Crippen molar-refractivity contribution in [3.63, 3.8) is 0 Å². The van der Waals surface area contributed by atoms with Crippen molar-refractivity contribution in [2.24, 2.45) is 0 Å². The number of benzene rings is 1. The molecule has 2 aromatic heterocycles. The molecule has 0 unspecified atom stereocenters. The molecule has 0 atom stereocenters. The number of oxazole rings is 1. The van der Waals surface area contributed by atoms with Gasteiger partial charge in [-0.1, -0.05) is 6.07 Å². The number of thiophene rings is 1. The summed E-state index contributed by atoms with van der Waals surface area (Å²) in [6, 6.07) is 11.1. The van der Waals surface area contributed by atoms with Crippen LogP contribution >= 0.6 is 11.3 Å². The Bertz CT molecular complexity index is 812. The molecule has 2 heterocycles. The molecule has 1 N–H and O–H groups in total. The van der Waals surface area contributed by atoms with E-state index in [4.69, 9.17) is 9.15 Å². The van der Waals surface area contributed by atoms with Crippen LogP contribution in [-0.2, 0) is 11.3 Å². The maximum absolute atomic E-state index is 12.1. The third kappa shape index (κ3) is 4.68. The van der Waals surface area contributed by atoms with Crippen molar-refractivity contribution < 1.29 is 13.9 Å². The van der Waals surface area contributed by atoms with Crippen molar-refractivity contribution in [1.82, 2.24) is 9.88 Å². The van der Waals surface area contributed by atoms with Crippen molar-refractivity contribution in [2.45, 2.75) is 6.54 Å². The van der Waals surface area contributed by atoms with Crippen LogP contribution < -0.4 is 10.1 Å². The second kappa shape index (κ2) is 7.96. The van der Waals surface area contributed by atoms with Crippen LogP contribution in [0, 0.1) is 0 Å². The van der Waals surface area contributed by atoms with E-state index in [9.17, 15) is 4.79 Å². The molecule has 0 bridgehead atoms. The smallest absolute Gasteiger partial charge is 0.238 e. The van der Waals surface area contributed by atoms with Crippen LogP contribution in [0.1, 0.15) is 5.69 Å². The molecular weight excluding hydrogens is 338 g/mol. The molecule has 130 valence electrons. The van der Waals surface area contributed by atoms with E-state index < -0.39 is 0 Å². The number of carbonyl (C=O) groups is 1. The SMILES string of the molecule is COc1ccc(NC(=O)CN(C)Cc2coc(-c3cccs3)n2)cc1. The van der Waals surface area contributed by atoms with E-state index >= 15 is 0 Å². The molecule has 0 saturated heterocycles. The van der Waals surface area contributed by atoms with Crippen LogP contribution in [0.15, 0.2) is 52.5 Å². The van der Waals surface area contributed by atoms with Gasteiger partial charge in [-0.3, -0.25) is 9.69 Å². The van der Waals surface area contributed by atoms with Gasteiger partial charge in [-0.05, 0) is 42.8 Å². The number of nitrogens with one attached hydrogen (secondary N) is 1. The van der Waals surface area contributed by atoms with Crippen LogP contribution in [0.4, 0.5) is 5.69 Å². The van der Waals surface area contributed by atoms with Gasteiger partial charge in [0.2, 0.25) is 11.8 Å². The predicted octanol–water partition coefficient (Wildman–Crippen LogP) is 3.48. The lowest BCUT2D eigenvalue weighted by atomic mass is 10.3. The fourth-order valence-electron chi connectivity index (χ4n) is 2.35. The third-order valence-corrected chi connectivity index (χ3v) is 4.36. The van der Waals surface area contributed by atoms with Crippen LogP contribution in [-0.4, -0.2) is 36.5 Å². The second-order valence-electron chi connectivity index (χ2n) is 5.57. The highest BCUT2D eigenvalue weighted by molar-refractivity contribution is 7.13. The Morgan fingerprint density at radius 2 is 2.12 bits per heavy atom. The van der Waals surface area contributed by atoms with Crippen molar-refractivity contribution in [1.29, 1.82) is 0 Å². The number of methoxy groups -OCH3 is 1. The topological polar surface area (TPSA) is 67.6 Å². The number of anilines is 1. The van der Waals surface area contributed by atoms with Crippen LogP contribution in [0.3, 0.4) is 0 Å². The van der Waals surface area contributed by atoms with Gasteiger partial charge in [0.05, 0.1) is 24.2 Å². The Labute approximate surface area is 150 Å². The Kier molecular flexibility index (Phi) is 5.47. The maximum atomic E-state index is 12.1. The zero-order valence-corrected chi connectivity index (χ0v) is 14.9. The Hall–Kier alpha value is -2.64. The zero-order chi connectivity index (χ0) is 17.6. The summed E-state index contributed by atoms with van der Waals surface area (Å²) in [6.07, 6.45) is 1.63. The van der Waals surface area contributed by atoms with Crippen molar-refractivity contribution in [3.8, 4) is 16.5 Å². The largest absolute Gasteiger partial charge is 0.497 e. The summed E-state index contributed by atoms with van der Waals surface area (Å²) in [6.45, 7) is 0.790. The molecule has 0 aliphatic rings. The van der Waals surface area contributed by atoms with Gasteiger partial charge in [0, 0.05) is 12.2 Å². The summed E-state index contributed by atoms with van der Waals surface area (Å²) >= 11 is 1.58. The molecule has 0 aliphatic heterocycles. The van der Waals surface area contributed by atoms with Crippen molar-refractivity contribution >= 4 is 22.9 Å². The van der Waals surface area contributed by atoms with E-state index in [1.54, 1.807) is 36.8 Å². The molecule has 0 saturated carbocycles. The molecule has 6 nitrogen and oxygen atoms in total. The first-order valence-electron chi connectivity index (χ1n) is 7.75. The molecule has 1 aromatic carbocycles. The molecule has 3 rings (SSSR count). The number of amides is 1. The number of likely N-dealkylation sites (N-methyl/N-ethyl adjacent to an activating group) is 1. The summed E-state index contributed by atoms with van der Waals surface area (Å²) in [5.41, 5.74) is 1.53. The number of aromatic nitrogens is 1. The number of nitrogens with zero attached hydrogens (tertiary/aromatic N) is 2. The number of ether oxygens (including phenoxy) is 1. The molecule has 0 spiro atoms. The molecular formula is C18H19N3O3S. The molecule has 0 aliphatic carbocycles. The van der Waals surface area contributed by atoms with E-state index in [1.165, 1.54) is 0 Å². The minimum atomic E-state index is -0.0883. The summed E-state index contributed by atoms with van der Waals surface area (Å²) in [7, 11) is 3.48. The highest BCUT2D eigenvalue weighted by Crippen LogP contribution is 2.23. The normalized spacial score (nSPS) is 10.8. The second-order valence-corrected chi connectivity index (χ2v) is 6.52. The summed E-state index contributed by atoms with van der Waals surface area (Å²) in [5.74, 6) is 1.28. The minimum Gasteiger partial charge on any atom is -0.497 e. The fraction of sp³-hybridized carbons (Fsp3) is 0.222. The number of hydrogen-bond acceptors (Lipinski definition) is 6. The van der Waals surface area contributed by atoms with Gasteiger partial charge in [-0.15, -0.1) is 11.3 Å². The van der Waals surface area contributed by atoms with E-state index in [-0.39, 0.29) is 12.5 Å². The molecule has 0 fully saturated rings. The zero-order valence-electron chi connectivity index (χ0n) is 14.1. The van der Waals surface area contributed by atoms with E-state index in [2.05, 4.69) is 10.3 Å². The molecule has 7 heteroatoms. The van der Waals surface area contributed by atoms with Gasteiger partial charge < -0.3 is 14.5 Å². The standard InChI is InChI=1S/C18H19N3O3S/c1-21(10-14-12-24-18(20-14)16-4-3-9-25-16)11-17(22)19-13-5-7-15(23-2)8-6-13/h3-9,12H,10-11H2,1-2H3,(H,19,22). The van der Waals surface area contributed by atoms with Gasteiger partial charge in [-0.2, -0.15) is 0 Å². The van der Waals surface area contributed by atoms with E-state index in [0.717, 1.165) is 22.0 Å². The molecule has 25 heavy (non-hydrogen) atoms. The Balaban J connectivity index is 1.51. The Morgan fingerprint density at radius 1 is 1.32 bits per heavy atom. The van der Waals surface area contributed by atoms with Crippen molar-refractivity contribution in [3.05, 3.63) is 53.7 Å². The monoisotopic (exact) mass is 357 g/mol. The van der Waals surface area contributed by atoms with Crippen LogP contribution in [0.5, 0.6) is 5.75 Å². The first-order valence-corrected chi connectivity index (χ1v) is 8.63. The van der Waals surface area contributed by atoms with Gasteiger partial charge >= 0.3 is 0 Å². The third-order valence-electron chi connectivity index (χ3n) is 3.50. The summed E-state index contributed by atoms with van der Waals surface area (Å²) < 4.78 is 10.6. The average molecular weight is 357 g/mol. The lowest BCUT2D eigenvalue weighted by Crippen LogP contribution is -2.29. The Morgan fingerprint density at radius 3 is 2.80 bits per heavy atom. The summed E-state index contributed by atoms with van der Waals surface area (Å²) in [5, 5.41) is 4.84. The average Bonchev–Trinajstić information content (AvgIpc) is 3.26. The molecule has 3 aromatic rings. The number of hydrogen-bond donors (Lipinski definition) is 1. The van der Waals surface area contributed by atoms with Crippen LogP contribution in [0.25, 0.3) is 10.8 Å². The van der Waals surface area contributed by atoms with Gasteiger partial charge in [0.15, 0.2) is 0 Å². The minimum absolute atomic E-state index is 0.0883. The molecule has 0 radical (unpaired) electrons. The number of carbonyl (C=O) groups excluding carboxylic acids is 1. The lowest BCUT2D eigenvalue weighted by molar-refractivity contribution is -0.117. The fourth-order valence-corrected chi connectivity index (χ4v) is 3.00. The van der Waals surface area contributed by atoms with E-state index in [0.29, 0.717) is 12.4 Å². The highest BCUT2D eigenvalue weighted by atomic mass is 32.1.